The van der Waals surface area contributed by atoms with E-state index in [1.54, 1.807) is 12.3 Å². The maximum absolute atomic E-state index is 12.0. The predicted molar refractivity (Wildman–Crippen MR) is 66.3 cm³/mol. The molecule has 0 bridgehead atoms. The molecule has 4 heteroatoms. The quantitative estimate of drug-likeness (QED) is 0.767. The van der Waals surface area contributed by atoms with Crippen molar-refractivity contribution >= 4 is 5.97 Å². The summed E-state index contributed by atoms with van der Waals surface area (Å²) in [6.07, 6.45) is 2.58. The average Bonchev–Trinajstić information content (AvgIpc) is 2.80. The smallest absolute Gasteiger partial charge is 0.310 e. The van der Waals surface area contributed by atoms with Gasteiger partial charge < -0.3 is 9.72 Å². The van der Waals surface area contributed by atoms with Crippen LogP contribution in [0.25, 0.3) is 0 Å². The third-order valence-electron chi connectivity index (χ3n) is 3.71. The molecule has 0 spiro atoms. The number of fused-ring (bicyclic) bond motifs is 3. The van der Waals surface area contributed by atoms with E-state index in [0.717, 1.165) is 17.5 Å². The lowest BCUT2D eigenvalue weighted by atomic mass is 10.0. The molecule has 1 aromatic heterocycles. The summed E-state index contributed by atoms with van der Waals surface area (Å²) in [5, 5.41) is 0. The highest BCUT2D eigenvalue weighted by molar-refractivity contribution is 5.80. The van der Waals surface area contributed by atoms with Gasteiger partial charge in [-0.3, -0.25) is 9.59 Å². The second-order valence-corrected chi connectivity index (χ2v) is 6.23. The molecule has 3 rings (SSSR count). The van der Waals surface area contributed by atoms with Crippen LogP contribution >= 0.6 is 0 Å². The van der Waals surface area contributed by atoms with E-state index in [2.05, 4.69) is 4.98 Å². The summed E-state index contributed by atoms with van der Waals surface area (Å²) in [5.74, 6) is 0.480. The van der Waals surface area contributed by atoms with Gasteiger partial charge in [0, 0.05) is 18.2 Å². The Labute approximate surface area is 105 Å². The lowest BCUT2D eigenvalue weighted by molar-refractivity contribution is -0.157. The van der Waals surface area contributed by atoms with Crippen molar-refractivity contribution in [3.05, 3.63) is 33.7 Å². The first kappa shape index (κ1) is 11.5. The molecule has 0 saturated heterocycles. The number of H-pyrrole nitrogens is 1. The Morgan fingerprint density at radius 2 is 2.17 bits per heavy atom. The van der Waals surface area contributed by atoms with Crippen LogP contribution in [0.3, 0.4) is 0 Å². The van der Waals surface area contributed by atoms with Crippen LogP contribution in [0, 0.1) is 11.8 Å². The van der Waals surface area contributed by atoms with Crippen molar-refractivity contribution < 1.29 is 9.53 Å². The normalized spacial score (nSPS) is 28.5. The highest BCUT2D eigenvalue weighted by Gasteiger charge is 2.60. The lowest BCUT2D eigenvalue weighted by Crippen LogP contribution is -2.26. The Bertz CT molecular complexity index is 567. The average molecular weight is 247 g/mol. The SMILES string of the molecule is CC(C)(C)OC(=O)[C@H]1[C@@H]2Cc3cc(=O)[nH]cc3[C@@H]21. The monoisotopic (exact) mass is 247 g/mol. The third kappa shape index (κ3) is 1.76. The maximum atomic E-state index is 12.0. The van der Waals surface area contributed by atoms with Crippen molar-refractivity contribution in [3.8, 4) is 0 Å². The van der Waals surface area contributed by atoms with Crippen LogP contribution < -0.4 is 5.56 Å². The first-order chi connectivity index (χ1) is 8.37. The third-order valence-corrected chi connectivity index (χ3v) is 3.71. The van der Waals surface area contributed by atoms with Crippen LogP contribution in [-0.2, 0) is 16.0 Å². The number of esters is 1. The Morgan fingerprint density at radius 3 is 2.83 bits per heavy atom. The molecule has 1 aromatic rings. The summed E-state index contributed by atoms with van der Waals surface area (Å²) in [5.41, 5.74) is 1.72. The van der Waals surface area contributed by atoms with E-state index < -0.39 is 5.60 Å². The molecule has 3 atom stereocenters. The summed E-state index contributed by atoms with van der Waals surface area (Å²) in [6, 6.07) is 1.65. The van der Waals surface area contributed by atoms with Gasteiger partial charge in [-0.1, -0.05) is 0 Å². The van der Waals surface area contributed by atoms with Crippen molar-refractivity contribution in [3.63, 3.8) is 0 Å². The Hall–Kier alpha value is -1.58. The van der Waals surface area contributed by atoms with Gasteiger partial charge in [0.1, 0.15) is 5.60 Å². The Morgan fingerprint density at radius 1 is 1.44 bits per heavy atom. The van der Waals surface area contributed by atoms with Gasteiger partial charge >= 0.3 is 5.97 Å². The van der Waals surface area contributed by atoms with Gasteiger partial charge in [0.25, 0.3) is 0 Å². The molecule has 0 amide bonds. The fourth-order valence-corrected chi connectivity index (χ4v) is 3.01. The minimum atomic E-state index is -0.429. The number of nitrogens with one attached hydrogen (secondary N) is 1. The number of aromatic amines is 1. The van der Waals surface area contributed by atoms with E-state index in [9.17, 15) is 9.59 Å². The molecular weight excluding hydrogens is 230 g/mol. The van der Waals surface area contributed by atoms with Crippen LogP contribution in [0.15, 0.2) is 17.1 Å². The van der Waals surface area contributed by atoms with Crippen molar-refractivity contribution in [2.24, 2.45) is 11.8 Å². The molecule has 0 radical (unpaired) electrons. The molecule has 1 saturated carbocycles. The second-order valence-electron chi connectivity index (χ2n) is 6.23. The zero-order valence-electron chi connectivity index (χ0n) is 10.8. The minimum Gasteiger partial charge on any atom is -0.460 e. The highest BCUT2D eigenvalue weighted by Crippen LogP contribution is 2.61. The van der Waals surface area contributed by atoms with E-state index in [1.807, 2.05) is 20.8 Å². The van der Waals surface area contributed by atoms with Gasteiger partial charge in [-0.15, -0.1) is 0 Å². The molecular formula is C14H17NO3. The van der Waals surface area contributed by atoms with E-state index in [1.165, 1.54) is 0 Å². The van der Waals surface area contributed by atoms with Crippen LogP contribution in [0.1, 0.15) is 37.8 Å². The summed E-state index contributed by atoms with van der Waals surface area (Å²) < 4.78 is 5.43. The molecule has 1 heterocycles. The van der Waals surface area contributed by atoms with E-state index >= 15 is 0 Å². The van der Waals surface area contributed by atoms with E-state index in [-0.39, 0.29) is 23.4 Å². The molecule has 0 aliphatic heterocycles. The summed E-state index contributed by atoms with van der Waals surface area (Å²) in [6.45, 7) is 5.65. The summed E-state index contributed by atoms with van der Waals surface area (Å²) >= 11 is 0. The highest BCUT2D eigenvalue weighted by atomic mass is 16.6. The minimum absolute atomic E-state index is 0.0115. The molecule has 0 aromatic carbocycles. The van der Waals surface area contributed by atoms with Crippen LogP contribution in [-0.4, -0.2) is 16.6 Å². The Kier molecular flexibility index (Phi) is 2.22. The first-order valence-corrected chi connectivity index (χ1v) is 6.31. The standard InChI is InChI=1S/C14H17NO3/c1-14(2,3)18-13(17)12-8-4-7-5-10(16)15-6-9(7)11(8)12/h5-6,8,11-12H,4H2,1-3H3,(H,15,16)/t8-,11-,12+/m1/s1. The number of aromatic nitrogens is 1. The summed E-state index contributed by atoms with van der Waals surface area (Å²) in [7, 11) is 0. The zero-order valence-corrected chi connectivity index (χ0v) is 10.8. The van der Waals surface area contributed by atoms with Gasteiger partial charge in [0.2, 0.25) is 5.56 Å². The van der Waals surface area contributed by atoms with Crippen molar-refractivity contribution in [2.75, 3.05) is 0 Å². The number of hydrogen-bond acceptors (Lipinski definition) is 3. The zero-order chi connectivity index (χ0) is 13.1. The molecule has 2 aliphatic rings. The van der Waals surface area contributed by atoms with Gasteiger partial charge in [0.05, 0.1) is 5.92 Å². The van der Waals surface area contributed by atoms with Gasteiger partial charge in [-0.2, -0.15) is 0 Å². The van der Waals surface area contributed by atoms with Crippen LogP contribution in [0.5, 0.6) is 0 Å². The lowest BCUT2D eigenvalue weighted by Gasteiger charge is -2.20. The Balaban J connectivity index is 1.78. The predicted octanol–water partition coefficient (Wildman–Crippen LogP) is 1.60. The fourth-order valence-electron chi connectivity index (χ4n) is 3.01. The largest absolute Gasteiger partial charge is 0.460 e. The number of ether oxygens (including phenoxy) is 1. The molecule has 2 aliphatic carbocycles. The number of carbonyl (C=O) groups is 1. The van der Waals surface area contributed by atoms with Crippen molar-refractivity contribution in [1.82, 2.24) is 4.98 Å². The van der Waals surface area contributed by atoms with E-state index in [4.69, 9.17) is 4.74 Å². The van der Waals surface area contributed by atoms with Crippen LogP contribution in [0.2, 0.25) is 0 Å². The van der Waals surface area contributed by atoms with Gasteiger partial charge in [0.15, 0.2) is 0 Å². The number of hydrogen-bond donors (Lipinski definition) is 1. The maximum Gasteiger partial charge on any atom is 0.310 e. The molecule has 96 valence electrons. The van der Waals surface area contributed by atoms with Gasteiger partial charge in [-0.25, -0.2) is 0 Å². The first-order valence-electron chi connectivity index (χ1n) is 6.31. The molecule has 1 fully saturated rings. The molecule has 0 unspecified atom stereocenters. The van der Waals surface area contributed by atoms with Crippen molar-refractivity contribution in [2.45, 2.75) is 38.7 Å². The fraction of sp³-hybridized carbons (Fsp3) is 0.571. The number of carbonyl (C=O) groups excluding carboxylic acids is 1. The number of rotatable bonds is 1. The van der Waals surface area contributed by atoms with Crippen LogP contribution in [0.4, 0.5) is 0 Å². The van der Waals surface area contributed by atoms with Gasteiger partial charge in [-0.05, 0) is 44.2 Å². The summed E-state index contributed by atoms with van der Waals surface area (Å²) in [4.78, 5) is 25.9. The van der Waals surface area contributed by atoms with Crippen molar-refractivity contribution in [1.29, 1.82) is 0 Å². The molecule has 4 nitrogen and oxygen atoms in total. The second kappa shape index (κ2) is 3.46. The number of pyridine rings is 1. The van der Waals surface area contributed by atoms with E-state index in [0.29, 0.717) is 5.92 Å². The molecule has 1 N–H and O–H groups in total. The topological polar surface area (TPSA) is 59.2 Å². The molecule has 18 heavy (non-hydrogen) atoms.